The van der Waals surface area contributed by atoms with Crippen molar-refractivity contribution in [3.8, 4) is 0 Å². The van der Waals surface area contributed by atoms with Gasteiger partial charge in [0.2, 0.25) is 0 Å². The second-order valence-electron chi connectivity index (χ2n) is 3.83. The van der Waals surface area contributed by atoms with Crippen molar-refractivity contribution in [3.05, 3.63) is 16.1 Å². The fourth-order valence-electron chi connectivity index (χ4n) is 1.90. The van der Waals surface area contributed by atoms with E-state index in [0.717, 1.165) is 23.7 Å². The van der Waals surface area contributed by atoms with E-state index in [4.69, 9.17) is 0 Å². The van der Waals surface area contributed by atoms with E-state index in [1.165, 1.54) is 6.42 Å². The SMILES string of the molecule is Cc1nc(CC(O)[C@H]2CCCN2)cs1. The molecule has 2 heterocycles. The number of rotatable bonds is 3. The predicted molar refractivity (Wildman–Crippen MR) is 57.6 cm³/mol. The molecule has 0 radical (unpaired) electrons. The molecule has 78 valence electrons. The Morgan fingerprint density at radius 2 is 2.64 bits per heavy atom. The zero-order chi connectivity index (χ0) is 9.97. The number of hydrogen-bond donors (Lipinski definition) is 2. The molecule has 0 bridgehead atoms. The monoisotopic (exact) mass is 212 g/mol. The molecular weight excluding hydrogens is 196 g/mol. The maximum absolute atomic E-state index is 9.91. The highest BCUT2D eigenvalue weighted by molar-refractivity contribution is 7.09. The van der Waals surface area contributed by atoms with Gasteiger partial charge in [0.25, 0.3) is 0 Å². The number of nitrogens with one attached hydrogen (secondary N) is 1. The van der Waals surface area contributed by atoms with Gasteiger partial charge in [0.05, 0.1) is 16.8 Å². The van der Waals surface area contributed by atoms with Crippen LogP contribution in [0.15, 0.2) is 5.38 Å². The third kappa shape index (κ3) is 2.32. The van der Waals surface area contributed by atoms with Crippen LogP contribution in [0.1, 0.15) is 23.5 Å². The highest BCUT2D eigenvalue weighted by atomic mass is 32.1. The zero-order valence-electron chi connectivity index (χ0n) is 8.36. The van der Waals surface area contributed by atoms with Crippen molar-refractivity contribution >= 4 is 11.3 Å². The lowest BCUT2D eigenvalue weighted by Gasteiger charge is -2.16. The lowest BCUT2D eigenvalue weighted by molar-refractivity contribution is 0.135. The van der Waals surface area contributed by atoms with Crippen molar-refractivity contribution in [2.75, 3.05) is 6.54 Å². The van der Waals surface area contributed by atoms with E-state index in [1.54, 1.807) is 11.3 Å². The van der Waals surface area contributed by atoms with Crippen LogP contribution < -0.4 is 5.32 Å². The number of aromatic nitrogens is 1. The van der Waals surface area contributed by atoms with Crippen molar-refractivity contribution in [2.45, 2.75) is 38.3 Å². The van der Waals surface area contributed by atoms with Crippen LogP contribution in [0.3, 0.4) is 0 Å². The summed E-state index contributed by atoms with van der Waals surface area (Å²) in [5, 5.41) is 16.3. The largest absolute Gasteiger partial charge is 0.391 e. The molecule has 2 atom stereocenters. The highest BCUT2D eigenvalue weighted by Crippen LogP contribution is 2.15. The molecule has 4 heteroatoms. The van der Waals surface area contributed by atoms with Crippen LogP contribution in [0.4, 0.5) is 0 Å². The van der Waals surface area contributed by atoms with Crippen LogP contribution in [0.25, 0.3) is 0 Å². The van der Waals surface area contributed by atoms with Gasteiger partial charge < -0.3 is 10.4 Å². The van der Waals surface area contributed by atoms with Gasteiger partial charge in [0, 0.05) is 17.8 Å². The predicted octanol–water partition coefficient (Wildman–Crippen LogP) is 1.11. The molecule has 1 saturated heterocycles. The summed E-state index contributed by atoms with van der Waals surface area (Å²) in [6, 6.07) is 0.275. The Kier molecular flexibility index (Phi) is 3.15. The van der Waals surface area contributed by atoms with E-state index in [1.807, 2.05) is 12.3 Å². The molecule has 1 fully saturated rings. The summed E-state index contributed by atoms with van der Waals surface area (Å²) in [5.74, 6) is 0. The van der Waals surface area contributed by atoms with Gasteiger partial charge in [-0.3, -0.25) is 0 Å². The molecule has 1 aromatic rings. The van der Waals surface area contributed by atoms with Crippen LogP contribution in [-0.4, -0.2) is 28.8 Å². The maximum Gasteiger partial charge on any atom is 0.0897 e. The third-order valence-electron chi connectivity index (χ3n) is 2.65. The van der Waals surface area contributed by atoms with Crippen molar-refractivity contribution in [1.29, 1.82) is 0 Å². The number of thiazole rings is 1. The second kappa shape index (κ2) is 4.38. The summed E-state index contributed by atoms with van der Waals surface area (Å²) < 4.78 is 0. The van der Waals surface area contributed by atoms with Crippen LogP contribution in [-0.2, 0) is 6.42 Å². The molecule has 0 amide bonds. The highest BCUT2D eigenvalue weighted by Gasteiger charge is 2.23. The molecule has 0 aromatic carbocycles. The van der Waals surface area contributed by atoms with Gasteiger partial charge in [-0.2, -0.15) is 0 Å². The van der Waals surface area contributed by atoms with Crippen molar-refractivity contribution in [1.82, 2.24) is 10.3 Å². The zero-order valence-corrected chi connectivity index (χ0v) is 9.18. The van der Waals surface area contributed by atoms with Gasteiger partial charge in [0.15, 0.2) is 0 Å². The lowest BCUT2D eigenvalue weighted by atomic mass is 10.1. The van der Waals surface area contributed by atoms with E-state index < -0.39 is 0 Å². The molecule has 2 N–H and O–H groups in total. The normalized spacial score (nSPS) is 24.0. The van der Waals surface area contributed by atoms with Crippen molar-refractivity contribution in [2.24, 2.45) is 0 Å². The number of nitrogens with zero attached hydrogens (tertiary/aromatic N) is 1. The molecule has 14 heavy (non-hydrogen) atoms. The Bertz CT molecular complexity index is 294. The van der Waals surface area contributed by atoms with Gasteiger partial charge in [-0.15, -0.1) is 11.3 Å². The number of aliphatic hydroxyl groups excluding tert-OH is 1. The quantitative estimate of drug-likeness (QED) is 0.789. The fourth-order valence-corrected chi connectivity index (χ4v) is 2.52. The minimum absolute atomic E-state index is 0.275. The minimum atomic E-state index is -0.279. The van der Waals surface area contributed by atoms with Gasteiger partial charge in [-0.25, -0.2) is 4.98 Å². The van der Waals surface area contributed by atoms with Crippen LogP contribution in [0, 0.1) is 6.92 Å². The molecule has 1 aromatic heterocycles. The average molecular weight is 212 g/mol. The van der Waals surface area contributed by atoms with Crippen LogP contribution >= 0.6 is 11.3 Å². The first-order valence-electron chi connectivity index (χ1n) is 5.08. The fraction of sp³-hybridized carbons (Fsp3) is 0.700. The Labute approximate surface area is 88.2 Å². The molecule has 0 aliphatic carbocycles. The second-order valence-corrected chi connectivity index (χ2v) is 4.89. The Balaban J connectivity index is 1.90. The van der Waals surface area contributed by atoms with Gasteiger partial charge in [-0.1, -0.05) is 0 Å². The summed E-state index contributed by atoms with van der Waals surface area (Å²) in [4.78, 5) is 4.35. The smallest absolute Gasteiger partial charge is 0.0897 e. The van der Waals surface area contributed by atoms with E-state index in [2.05, 4.69) is 10.3 Å². The van der Waals surface area contributed by atoms with E-state index in [9.17, 15) is 5.11 Å². The van der Waals surface area contributed by atoms with E-state index in [-0.39, 0.29) is 12.1 Å². The first kappa shape index (κ1) is 10.1. The number of aliphatic hydroxyl groups is 1. The molecule has 0 saturated carbocycles. The topological polar surface area (TPSA) is 45.2 Å². The van der Waals surface area contributed by atoms with Crippen LogP contribution in [0.5, 0.6) is 0 Å². The van der Waals surface area contributed by atoms with E-state index >= 15 is 0 Å². The maximum atomic E-state index is 9.91. The first-order chi connectivity index (χ1) is 6.75. The van der Waals surface area contributed by atoms with Gasteiger partial charge >= 0.3 is 0 Å². The first-order valence-corrected chi connectivity index (χ1v) is 5.96. The van der Waals surface area contributed by atoms with Gasteiger partial charge in [0.1, 0.15) is 0 Å². The molecule has 1 unspecified atom stereocenters. The van der Waals surface area contributed by atoms with E-state index in [0.29, 0.717) is 6.42 Å². The summed E-state index contributed by atoms with van der Waals surface area (Å²) in [7, 11) is 0. The third-order valence-corrected chi connectivity index (χ3v) is 3.47. The van der Waals surface area contributed by atoms with Crippen molar-refractivity contribution < 1.29 is 5.11 Å². The summed E-state index contributed by atoms with van der Waals surface area (Å²) in [5.41, 5.74) is 1.02. The number of aryl methyl sites for hydroxylation is 1. The summed E-state index contributed by atoms with van der Waals surface area (Å²) >= 11 is 1.65. The Morgan fingerprint density at radius 3 is 3.21 bits per heavy atom. The Morgan fingerprint density at radius 1 is 1.79 bits per heavy atom. The molecule has 3 nitrogen and oxygen atoms in total. The van der Waals surface area contributed by atoms with Gasteiger partial charge in [-0.05, 0) is 26.3 Å². The molecule has 0 spiro atoms. The molecular formula is C10H16N2OS. The van der Waals surface area contributed by atoms with Crippen LogP contribution in [0.2, 0.25) is 0 Å². The molecule has 1 aliphatic rings. The molecule has 2 rings (SSSR count). The minimum Gasteiger partial charge on any atom is -0.391 e. The molecule has 1 aliphatic heterocycles. The standard InChI is InChI=1S/C10H16N2OS/c1-7-12-8(6-14-7)5-10(13)9-3-2-4-11-9/h6,9-11,13H,2-5H2,1H3/t9-,10?/m1/s1. The summed E-state index contributed by atoms with van der Waals surface area (Å²) in [6.07, 6.45) is 2.67. The Hall–Kier alpha value is -0.450. The summed E-state index contributed by atoms with van der Waals surface area (Å²) in [6.45, 7) is 3.03. The van der Waals surface area contributed by atoms with Crippen molar-refractivity contribution in [3.63, 3.8) is 0 Å². The lowest BCUT2D eigenvalue weighted by Crippen LogP contribution is -2.36. The average Bonchev–Trinajstić information content (AvgIpc) is 2.75. The number of hydrogen-bond acceptors (Lipinski definition) is 4.